The van der Waals surface area contributed by atoms with Crippen molar-refractivity contribution in [3.63, 3.8) is 0 Å². The quantitative estimate of drug-likeness (QED) is 0.577. The van der Waals surface area contributed by atoms with Crippen LogP contribution in [0.3, 0.4) is 0 Å². The van der Waals surface area contributed by atoms with E-state index in [1.807, 2.05) is 47.4 Å². The van der Waals surface area contributed by atoms with Crippen molar-refractivity contribution in [1.82, 2.24) is 14.9 Å². The molecule has 0 N–H and O–H groups in total. The van der Waals surface area contributed by atoms with E-state index in [4.69, 9.17) is 11.6 Å². The first-order valence-electron chi connectivity index (χ1n) is 11.6. The average Bonchev–Trinajstić information content (AvgIpc) is 2.89. The molecule has 5 rings (SSSR count). The van der Waals surface area contributed by atoms with Crippen LogP contribution >= 0.6 is 11.6 Å². The van der Waals surface area contributed by atoms with Crippen molar-refractivity contribution in [3.8, 4) is 11.3 Å². The zero-order valence-electron chi connectivity index (χ0n) is 18.6. The SMILES string of the molecule is O=C(C1CCCN(c2cc(-c3ccccc3)ncn2)C1)N1CCN(c2cccc(Cl)c2)CC1. The lowest BCUT2D eigenvalue weighted by Crippen LogP contribution is -2.52. The summed E-state index contributed by atoms with van der Waals surface area (Å²) in [6.45, 7) is 4.76. The van der Waals surface area contributed by atoms with Gasteiger partial charge in [-0.1, -0.05) is 48.0 Å². The van der Waals surface area contributed by atoms with Gasteiger partial charge in [-0.2, -0.15) is 0 Å². The van der Waals surface area contributed by atoms with Gasteiger partial charge in [0.15, 0.2) is 0 Å². The van der Waals surface area contributed by atoms with Crippen molar-refractivity contribution in [3.05, 3.63) is 72.0 Å². The van der Waals surface area contributed by atoms with Crippen LogP contribution < -0.4 is 9.80 Å². The molecule has 1 amide bonds. The first-order chi connectivity index (χ1) is 16.2. The van der Waals surface area contributed by atoms with E-state index >= 15 is 0 Å². The van der Waals surface area contributed by atoms with Gasteiger partial charge >= 0.3 is 0 Å². The van der Waals surface area contributed by atoms with Crippen LogP contribution in [-0.4, -0.2) is 60.0 Å². The molecule has 0 spiro atoms. The third-order valence-corrected chi connectivity index (χ3v) is 6.82. The summed E-state index contributed by atoms with van der Waals surface area (Å²) < 4.78 is 0. The van der Waals surface area contributed by atoms with Crippen LogP contribution in [0.2, 0.25) is 5.02 Å². The first kappa shape index (κ1) is 21.7. The number of piperazine rings is 1. The van der Waals surface area contributed by atoms with E-state index in [2.05, 4.69) is 38.0 Å². The predicted octanol–water partition coefficient (Wildman–Crippen LogP) is 4.36. The van der Waals surface area contributed by atoms with Gasteiger partial charge in [0.1, 0.15) is 12.1 Å². The molecule has 33 heavy (non-hydrogen) atoms. The van der Waals surface area contributed by atoms with E-state index in [1.54, 1.807) is 6.33 Å². The number of halogens is 1. The number of hydrogen-bond acceptors (Lipinski definition) is 5. The molecule has 0 aliphatic carbocycles. The molecule has 1 aromatic heterocycles. The van der Waals surface area contributed by atoms with Crippen LogP contribution in [0.4, 0.5) is 11.5 Å². The molecule has 2 saturated heterocycles. The molecular formula is C26H28ClN5O. The second kappa shape index (κ2) is 9.79. The third-order valence-electron chi connectivity index (χ3n) is 6.58. The van der Waals surface area contributed by atoms with Gasteiger partial charge in [-0.3, -0.25) is 4.79 Å². The Bertz CT molecular complexity index is 1100. The van der Waals surface area contributed by atoms with Crippen LogP contribution in [0.15, 0.2) is 67.0 Å². The largest absolute Gasteiger partial charge is 0.368 e. The van der Waals surface area contributed by atoms with E-state index < -0.39 is 0 Å². The Balaban J connectivity index is 1.22. The van der Waals surface area contributed by atoms with Gasteiger partial charge in [-0.25, -0.2) is 9.97 Å². The minimum absolute atomic E-state index is 0.00612. The molecule has 0 radical (unpaired) electrons. The number of hydrogen-bond donors (Lipinski definition) is 0. The van der Waals surface area contributed by atoms with Gasteiger partial charge in [-0.15, -0.1) is 0 Å². The Hall–Kier alpha value is -3.12. The maximum absolute atomic E-state index is 13.3. The van der Waals surface area contributed by atoms with Crippen LogP contribution in [0.5, 0.6) is 0 Å². The number of carbonyl (C=O) groups excluding carboxylic acids is 1. The second-order valence-electron chi connectivity index (χ2n) is 8.70. The van der Waals surface area contributed by atoms with E-state index in [0.717, 1.165) is 73.4 Å². The molecule has 2 aromatic carbocycles. The summed E-state index contributed by atoms with van der Waals surface area (Å²) in [7, 11) is 0. The fourth-order valence-electron chi connectivity index (χ4n) is 4.79. The maximum atomic E-state index is 13.3. The Morgan fingerprint density at radius 2 is 1.70 bits per heavy atom. The standard InChI is InChI=1S/C26H28ClN5O/c27-22-9-4-10-23(16-22)30-12-14-31(15-13-30)26(33)21-8-5-11-32(18-21)25-17-24(28-19-29-25)20-6-2-1-3-7-20/h1-4,6-7,9-10,16-17,19,21H,5,8,11-15,18H2. The Labute approximate surface area is 199 Å². The molecule has 6 nitrogen and oxygen atoms in total. The zero-order chi connectivity index (χ0) is 22.6. The molecule has 0 saturated carbocycles. The summed E-state index contributed by atoms with van der Waals surface area (Å²) in [5.74, 6) is 1.17. The van der Waals surface area contributed by atoms with Crippen molar-refractivity contribution in [2.75, 3.05) is 49.1 Å². The van der Waals surface area contributed by atoms with E-state index in [9.17, 15) is 4.79 Å². The van der Waals surface area contributed by atoms with Gasteiger partial charge in [0, 0.05) is 61.6 Å². The molecule has 2 aliphatic rings. The summed E-state index contributed by atoms with van der Waals surface area (Å²) in [6, 6.07) is 20.1. The first-order valence-corrected chi connectivity index (χ1v) is 12.0. The summed E-state index contributed by atoms with van der Waals surface area (Å²) in [5.41, 5.74) is 3.10. The van der Waals surface area contributed by atoms with Crippen LogP contribution in [-0.2, 0) is 4.79 Å². The second-order valence-corrected chi connectivity index (χ2v) is 9.14. The van der Waals surface area contributed by atoms with Crippen molar-refractivity contribution in [2.24, 2.45) is 5.92 Å². The molecular weight excluding hydrogens is 434 g/mol. The fraction of sp³-hybridized carbons (Fsp3) is 0.346. The van der Waals surface area contributed by atoms with E-state index in [-0.39, 0.29) is 11.8 Å². The van der Waals surface area contributed by atoms with E-state index in [1.165, 1.54) is 0 Å². The number of rotatable bonds is 4. The average molecular weight is 462 g/mol. The summed E-state index contributed by atoms with van der Waals surface area (Å²) in [5, 5.41) is 0.744. The molecule has 1 atom stereocenters. The van der Waals surface area contributed by atoms with Crippen LogP contribution in [0, 0.1) is 5.92 Å². The fourth-order valence-corrected chi connectivity index (χ4v) is 4.97. The number of nitrogens with zero attached hydrogens (tertiary/aromatic N) is 5. The van der Waals surface area contributed by atoms with Gasteiger partial charge in [0.05, 0.1) is 11.6 Å². The molecule has 7 heteroatoms. The van der Waals surface area contributed by atoms with E-state index in [0.29, 0.717) is 6.54 Å². The number of piperidine rings is 1. The van der Waals surface area contributed by atoms with Crippen molar-refractivity contribution < 1.29 is 4.79 Å². The van der Waals surface area contributed by atoms with Crippen molar-refractivity contribution in [2.45, 2.75) is 12.8 Å². The summed E-state index contributed by atoms with van der Waals surface area (Å²) in [6.07, 6.45) is 3.54. The minimum atomic E-state index is 0.00612. The smallest absolute Gasteiger partial charge is 0.227 e. The highest BCUT2D eigenvalue weighted by Gasteiger charge is 2.31. The Morgan fingerprint density at radius 3 is 2.48 bits per heavy atom. The van der Waals surface area contributed by atoms with Crippen LogP contribution in [0.1, 0.15) is 12.8 Å². The minimum Gasteiger partial charge on any atom is -0.368 e. The molecule has 1 unspecified atom stereocenters. The summed E-state index contributed by atoms with van der Waals surface area (Å²) >= 11 is 6.15. The zero-order valence-corrected chi connectivity index (χ0v) is 19.4. The molecule has 3 heterocycles. The topological polar surface area (TPSA) is 52.6 Å². The third kappa shape index (κ3) is 4.96. The normalized spacial score (nSPS) is 18.9. The Morgan fingerprint density at radius 1 is 0.879 bits per heavy atom. The highest BCUT2D eigenvalue weighted by molar-refractivity contribution is 6.30. The Kier molecular flexibility index (Phi) is 6.44. The number of aromatic nitrogens is 2. The van der Waals surface area contributed by atoms with Crippen molar-refractivity contribution in [1.29, 1.82) is 0 Å². The lowest BCUT2D eigenvalue weighted by Gasteiger charge is -2.40. The van der Waals surface area contributed by atoms with Gasteiger partial charge < -0.3 is 14.7 Å². The van der Waals surface area contributed by atoms with Gasteiger partial charge in [-0.05, 0) is 31.0 Å². The van der Waals surface area contributed by atoms with Gasteiger partial charge in [0.25, 0.3) is 0 Å². The van der Waals surface area contributed by atoms with Crippen molar-refractivity contribution >= 4 is 29.0 Å². The number of benzene rings is 2. The predicted molar refractivity (Wildman–Crippen MR) is 133 cm³/mol. The molecule has 0 bridgehead atoms. The monoisotopic (exact) mass is 461 g/mol. The highest BCUT2D eigenvalue weighted by Crippen LogP contribution is 2.27. The lowest BCUT2D eigenvalue weighted by molar-refractivity contribution is -0.136. The molecule has 3 aromatic rings. The molecule has 2 aliphatic heterocycles. The lowest BCUT2D eigenvalue weighted by atomic mass is 9.96. The number of carbonyl (C=O) groups is 1. The summed E-state index contributed by atoms with van der Waals surface area (Å²) in [4.78, 5) is 28.9. The highest BCUT2D eigenvalue weighted by atomic mass is 35.5. The number of amides is 1. The molecule has 2 fully saturated rings. The number of anilines is 2. The van der Waals surface area contributed by atoms with Gasteiger partial charge in [0.2, 0.25) is 5.91 Å². The van der Waals surface area contributed by atoms with Crippen LogP contribution in [0.25, 0.3) is 11.3 Å². The maximum Gasteiger partial charge on any atom is 0.227 e. The molecule has 170 valence electrons.